The lowest BCUT2D eigenvalue weighted by atomic mass is 10.4. The van der Waals surface area contributed by atoms with Crippen molar-refractivity contribution in [2.45, 2.75) is 13.3 Å². The second kappa shape index (κ2) is 8.84. The molecule has 7 heteroatoms. The van der Waals surface area contributed by atoms with Crippen molar-refractivity contribution in [1.29, 1.82) is 0 Å². The summed E-state index contributed by atoms with van der Waals surface area (Å²) in [5.41, 5.74) is 0.366. The predicted molar refractivity (Wildman–Crippen MR) is 86.9 cm³/mol. The maximum Gasteiger partial charge on any atom is 0.271 e. The van der Waals surface area contributed by atoms with Crippen LogP contribution in [0.3, 0.4) is 0 Å². The van der Waals surface area contributed by atoms with Crippen LogP contribution in [0.4, 0.5) is 5.82 Å². The number of amides is 1. The van der Waals surface area contributed by atoms with Crippen molar-refractivity contribution in [2.75, 3.05) is 49.5 Å². The van der Waals surface area contributed by atoms with E-state index in [4.69, 9.17) is 0 Å². The number of anilines is 1. The second-order valence-corrected chi connectivity index (χ2v) is 6.15. The lowest BCUT2D eigenvalue weighted by Crippen LogP contribution is -2.39. The minimum atomic E-state index is -0.158. The zero-order valence-corrected chi connectivity index (χ0v) is 13.3. The first-order valence-electron chi connectivity index (χ1n) is 7.44. The van der Waals surface area contributed by atoms with E-state index in [0.29, 0.717) is 18.1 Å². The summed E-state index contributed by atoms with van der Waals surface area (Å²) in [6, 6.07) is 0. The molecule has 116 valence electrons. The summed E-state index contributed by atoms with van der Waals surface area (Å²) < 4.78 is 0. The third-order valence-corrected chi connectivity index (χ3v) is 4.18. The zero-order chi connectivity index (χ0) is 14.9. The fraction of sp³-hybridized carbons (Fsp3) is 0.643. The van der Waals surface area contributed by atoms with Crippen LogP contribution in [-0.4, -0.2) is 65.0 Å². The quantitative estimate of drug-likeness (QED) is 0.785. The highest BCUT2D eigenvalue weighted by Crippen LogP contribution is 2.08. The Bertz CT molecular complexity index is 451. The second-order valence-electron chi connectivity index (χ2n) is 4.93. The molecule has 0 saturated carbocycles. The standard InChI is InChI=1S/C14H23N5OS/c1-2-3-16-13-11-15-10-12(18-13)14(20)17-4-5-19-6-8-21-9-7-19/h10-11H,2-9H2,1H3,(H,16,18)(H,17,20). The van der Waals surface area contributed by atoms with Crippen LogP contribution >= 0.6 is 11.8 Å². The van der Waals surface area contributed by atoms with Gasteiger partial charge in [-0.3, -0.25) is 14.7 Å². The SMILES string of the molecule is CCCNc1cncc(C(=O)NCCN2CCSCC2)n1. The van der Waals surface area contributed by atoms with Crippen LogP contribution in [0.15, 0.2) is 12.4 Å². The molecule has 1 amide bonds. The molecular formula is C14H23N5OS. The van der Waals surface area contributed by atoms with Gasteiger partial charge in [0.25, 0.3) is 5.91 Å². The topological polar surface area (TPSA) is 70.2 Å². The number of nitrogens with one attached hydrogen (secondary N) is 2. The first kappa shape index (κ1) is 16.0. The minimum Gasteiger partial charge on any atom is -0.369 e. The van der Waals surface area contributed by atoms with E-state index in [9.17, 15) is 4.79 Å². The monoisotopic (exact) mass is 309 g/mol. The summed E-state index contributed by atoms with van der Waals surface area (Å²) in [6.07, 6.45) is 4.15. The Morgan fingerprint density at radius 3 is 2.90 bits per heavy atom. The van der Waals surface area contributed by atoms with Crippen LogP contribution in [-0.2, 0) is 0 Å². The fourth-order valence-corrected chi connectivity index (χ4v) is 3.04. The summed E-state index contributed by atoms with van der Waals surface area (Å²) in [4.78, 5) is 22.8. The first-order chi connectivity index (χ1) is 10.3. The van der Waals surface area contributed by atoms with Crippen molar-refractivity contribution in [3.63, 3.8) is 0 Å². The molecule has 0 unspecified atom stereocenters. The van der Waals surface area contributed by atoms with Gasteiger partial charge in [0.2, 0.25) is 0 Å². The Kier molecular flexibility index (Phi) is 6.75. The number of thioether (sulfide) groups is 1. The van der Waals surface area contributed by atoms with E-state index in [1.165, 1.54) is 17.7 Å². The van der Waals surface area contributed by atoms with Gasteiger partial charge in [-0.25, -0.2) is 4.98 Å². The molecule has 1 fully saturated rings. The fourth-order valence-electron chi connectivity index (χ4n) is 2.06. The van der Waals surface area contributed by atoms with Crippen molar-refractivity contribution in [3.8, 4) is 0 Å². The average Bonchev–Trinajstić information content (AvgIpc) is 2.54. The van der Waals surface area contributed by atoms with Gasteiger partial charge in [-0.2, -0.15) is 11.8 Å². The van der Waals surface area contributed by atoms with Crippen molar-refractivity contribution < 1.29 is 4.79 Å². The third kappa shape index (κ3) is 5.51. The summed E-state index contributed by atoms with van der Waals surface area (Å²) in [6.45, 7) is 6.67. The van der Waals surface area contributed by atoms with Gasteiger partial charge >= 0.3 is 0 Å². The molecule has 0 radical (unpaired) electrons. The van der Waals surface area contributed by atoms with Crippen LogP contribution in [0.5, 0.6) is 0 Å². The molecule has 0 spiro atoms. The Hall–Kier alpha value is -1.34. The van der Waals surface area contributed by atoms with Gasteiger partial charge in [-0.05, 0) is 6.42 Å². The van der Waals surface area contributed by atoms with Crippen molar-refractivity contribution in [3.05, 3.63) is 18.1 Å². The van der Waals surface area contributed by atoms with Crippen molar-refractivity contribution in [2.24, 2.45) is 0 Å². The van der Waals surface area contributed by atoms with E-state index in [-0.39, 0.29) is 5.91 Å². The molecule has 1 aliphatic rings. The van der Waals surface area contributed by atoms with Crippen molar-refractivity contribution in [1.82, 2.24) is 20.2 Å². The summed E-state index contributed by atoms with van der Waals surface area (Å²) in [5.74, 6) is 2.86. The smallest absolute Gasteiger partial charge is 0.271 e. The van der Waals surface area contributed by atoms with Crippen LogP contribution in [0.25, 0.3) is 0 Å². The Morgan fingerprint density at radius 2 is 2.14 bits per heavy atom. The third-order valence-electron chi connectivity index (χ3n) is 3.24. The summed E-state index contributed by atoms with van der Waals surface area (Å²) in [7, 11) is 0. The van der Waals surface area contributed by atoms with E-state index in [2.05, 4.69) is 32.4 Å². The lowest BCUT2D eigenvalue weighted by Gasteiger charge is -2.25. The molecule has 0 aromatic carbocycles. The van der Waals surface area contributed by atoms with E-state index in [1.54, 1.807) is 6.20 Å². The molecule has 2 rings (SSSR count). The number of hydrogen-bond donors (Lipinski definition) is 2. The Morgan fingerprint density at radius 1 is 1.33 bits per heavy atom. The largest absolute Gasteiger partial charge is 0.369 e. The van der Waals surface area contributed by atoms with Crippen LogP contribution in [0.2, 0.25) is 0 Å². The molecule has 2 heterocycles. The zero-order valence-electron chi connectivity index (χ0n) is 12.5. The summed E-state index contributed by atoms with van der Waals surface area (Å²) >= 11 is 1.99. The number of carbonyl (C=O) groups excluding carboxylic acids is 1. The van der Waals surface area contributed by atoms with Gasteiger partial charge in [-0.1, -0.05) is 6.92 Å². The molecule has 21 heavy (non-hydrogen) atoms. The number of rotatable bonds is 7. The van der Waals surface area contributed by atoms with E-state index < -0.39 is 0 Å². The van der Waals surface area contributed by atoms with Gasteiger partial charge in [0, 0.05) is 44.2 Å². The number of nitrogens with zero attached hydrogens (tertiary/aromatic N) is 3. The molecule has 1 saturated heterocycles. The molecule has 0 bridgehead atoms. The van der Waals surface area contributed by atoms with Crippen molar-refractivity contribution >= 4 is 23.5 Å². The van der Waals surface area contributed by atoms with Gasteiger partial charge in [0.05, 0.1) is 12.4 Å². The molecule has 1 aromatic heterocycles. The maximum atomic E-state index is 12.0. The van der Waals surface area contributed by atoms with E-state index in [0.717, 1.165) is 32.6 Å². The molecular weight excluding hydrogens is 286 g/mol. The lowest BCUT2D eigenvalue weighted by molar-refractivity contribution is 0.0943. The number of hydrogen-bond acceptors (Lipinski definition) is 6. The van der Waals surface area contributed by atoms with E-state index in [1.807, 2.05) is 11.8 Å². The highest BCUT2D eigenvalue weighted by atomic mass is 32.2. The molecule has 0 atom stereocenters. The van der Waals surface area contributed by atoms with Crippen LogP contribution < -0.4 is 10.6 Å². The van der Waals surface area contributed by atoms with Gasteiger partial charge < -0.3 is 10.6 Å². The molecule has 0 aliphatic carbocycles. The first-order valence-corrected chi connectivity index (χ1v) is 8.59. The summed E-state index contributed by atoms with van der Waals surface area (Å²) in [5, 5.41) is 6.05. The average molecular weight is 309 g/mol. The Labute approximate surface area is 130 Å². The molecule has 2 N–H and O–H groups in total. The minimum absolute atomic E-state index is 0.158. The normalized spacial score (nSPS) is 15.7. The van der Waals surface area contributed by atoms with E-state index >= 15 is 0 Å². The molecule has 6 nitrogen and oxygen atoms in total. The van der Waals surface area contributed by atoms with Crippen LogP contribution in [0.1, 0.15) is 23.8 Å². The van der Waals surface area contributed by atoms with Crippen LogP contribution in [0, 0.1) is 0 Å². The number of carbonyl (C=O) groups is 1. The highest BCUT2D eigenvalue weighted by Gasteiger charge is 2.12. The predicted octanol–water partition coefficient (Wildman–Crippen LogP) is 1.08. The molecule has 1 aromatic rings. The van der Waals surface area contributed by atoms with Gasteiger partial charge in [0.1, 0.15) is 11.5 Å². The maximum absolute atomic E-state index is 12.0. The highest BCUT2D eigenvalue weighted by molar-refractivity contribution is 7.99. The Balaban J connectivity index is 1.76. The number of aromatic nitrogens is 2. The van der Waals surface area contributed by atoms with Gasteiger partial charge in [0.15, 0.2) is 0 Å². The van der Waals surface area contributed by atoms with Gasteiger partial charge in [-0.15, -0.1) is 0 Å². The molecule has 1 aliphatic heterocycles.